The standard InChI is InChI=1S/C14H22N4O2/c1-11(18(2)12-6-4-3-5-7-12)9-16-14(20)10-17-13(19)8-15/h3-7,11H,8-10,15H2,1-2H3,(H,16,20)(H,17,19). The summed E-state index contributed by atoms with van der Waals surface area (Å²) in [6, 6.07) is 10.1. The van der Waals surface area contributed by atoms with E-state index < -0.39 is 0 Å². The van der Waals surface area contributed by atoms with Gasteiger partial charge in [0.15, 0.2) is 0 Å². The van der Waals surface area contributed by atoms with Crippen molar-refractivity contribution in [2.45, 2.75) is 13.0 Å². The number of amides is 2. The van der Waals surface area contributed by atoms with Crippen molar-refractivity contribution in [1.82, 2.24) is 10.6 Å². The van der Waals surface area contributed by atoms with Gasteiger partial charge >= 0.3 is 0 Å². The van der Waals surface area contributed by atoms with E-state index >= 15 is 0 Å². The highest BCUT2D eigenvalue weighted by Crippen LogP contribution is 2.13. The van der Waals surface area contributed by atoms with Crippen LogP contribution in [0.3, 0.4) is 0 Å². The number of rotatable bonds is 7. The van der Waals surface area contributed by atoms with Crippen LogP contribution in [0, 0.1) is 0 Å². The van der Waals surface area contributed by atoms with E-state index in [0.29, 0.717) is 6.54 Å². The highest BCUT2D eigenvalue weighted by atomic mass is 16.2. The lowest BCUT2D eigenvalue weighted by Crippen LogP contribution is -2.44. The zero-order valence-corrected chi connectivity index (χ0v) is 11.9. The van der Waals surface area contributed by atoms with Crippen molar-refractivity contribution in [3.8, 4) is 0 Å². The molecular formula is C14H22N4O2. The van der Waals surface area contributed by atoms with Gasteiger partial charge in [-0.2, -0.15) is 0 Å². The summed E-state index contributed by atoms with van der Waals surface area (Å²) in [6.45, 7) is 2.37. The number of anilines is 1. The van der Waals surface area contributed by atoms with E-state index in [4.69, 9.17) is 5.73 Å². The number of likely N-dealkylation sites (N-methyl/N-ethyl adjacent to an activating group) is 1. The molecule has 1 aromatic rings. The van der Waals surface area contributed by atoms with Gasteiger partial charge < -0.3 is 21.3 Å². The molecule has 0 spiro atoms. The molecule has 1 aromatic carbocycles. The van der Waals surface area contributed by atoms with E-state index in [1.54, 1.807) is 0 Å². The molecule has 0 aliphatic rings. The average molecular weight is 278 g/mol. The van der Waals surface area contributed by atoms with Crippen LogP contribution in [0.25, 0.3) is 0 Å². The average Bonchev–Trinajstić information content (AvgIpc) is 2.50. The Morgan fingerprint density at radius 2 is 1.85 bits per heavy atom. The quantitative estimate of drug-likeness (QED) is 0.639. The third kappa shape index (κ3) is 5.27. The van der Waals surface area contributed by atoms with Gasteiger partial charge in [-0.1, -0.05) is 18.2 Å². The lowest BCUT2D eigenvalue weighted by molar-refractivity contribution is -0.125. The van der Waals surface area contributed by atoms with Gasteiger partial charge in [-0.05, 0) is 19.1 Å². The number of carbonyl (C=O) groups excluding carboxylic acids is 2. The number of carbonyl (C=O) groups is 2. The first-order valence-electron chi connectivity index (χ1n) is 6.56. The van der Waals surface area contributed by atoms with E-state index in [1.807, 2.05) is 44.3 Å². The maximum Gasteiger partial charge on any atom is 0.239 e. The van der Waals surface area contributed by atoms with E-state index in [-0.39, 0.29) is 30.9 Å². The molecule has 6 heteroatoms. The summed E-state index contributed by atoms with van der Waals surface area (Å²) in [5.41, 5.74) is 6.22. The minimum Gasteiger partial charge on any atom is -0.370 e. The predicted octanol–water partition coefficient (Wildman–Crippen LogP) is -0.298. The Labute approximate surface area is 119 Å². The van der Waals surface area contributed by atoms with Crippen LogP contribution in [-0.4, -0.2) is 44.5 Å². The Bertz CT molecular complexity index is 436. The monoisotopic (exact) mass is 278 g/mol. The maximum atomic E-state index is 11.5. The highest BCUT2D eigenvalue weighted by Gasteiger charge is 2.11. The van der Waals surface area contributed by atoms with Crippen molar-refractivity contribution in [1.29, 1.82) is 0 Å². The lowest BCUT2D eigenvalue weighted by atomic mass is 10.2. The van der Waals surface area contributed by atoms with Crippen molar-refractivity contribution in [2.24, 2.45) is 5.73 Å². The zero-order chi connectivity index (χ0) is 15.0. The Hall–Kier alpha value is -2.08. The number of nitrogens with two attached hydrogens (primary N) is 1. The molecular weight excluding hydrogens is 256 g/mol. The number of hydrogen-bond acceptors (Lipinski definition) is 4. The summed E-state index contributed by atoms with van der Waals surface area (Å²) < 4.78 is 0. The maximum absolute atomic E-state index is 11.5. The highest BCUT2D eigenvalue weighted by molar-refractivity contribution is 5.85. The van der Waals surface area contributed by atoms with Crippen molar-refractivity contribution >= 4 is 17.5 Å². The van der Waals surface area contributed by atoms with Crippen molar-refractivity contribution in [3.63, 3.8) is 0 Å². The van der Waals surface area contributed by atoms with Crippen molar-refractivity contribution in [2.75, 3.05) is 31.6 Å². The fourth-order valence-electron chi connectivity index (χ4n) is 1.63. The number of nitrogens with one attached hydrogen (secondary N) is 2. The van der Waals surface area contributed by atoms with Crippen LogP contribution in [0.5, 0.6) is 0 Å². The van der Waals surface area contributed by atoms with Crippen LogP contribution in [0.1, 0.15) is 6.92 Å². The second-order valence-corrected chi connectivity index (χ2v) is 4.58. The lowest BCUT2D eigenvalue weighted by Gasteiger charge is -2.27. The van der Waals surface area contributed by atoms with Crippen molar-refractivity contribution in [3.05, 3.63) is 30.3 Å². The summed E-state index contributed by atoms with van der Waals surface area (Å²) in [6.07, 6.45) is 0. The normalized spacial score (nSPS) is 11.6. The van der Waals surface area contributed by atoms with Crippen LogP contribution >= 0.6 is 0 Å². The minimum absolute atomic E-state index is 0.0438. The second kappa shape index (κ2) is 8.16. The van der Waals surface area contributed by atoms with Crippen LogP contribution in [0.15, 0.2) is 30.3 Å². The topological polar surface area (TPSA) is 87.5 Å². The largest absolute Gasteiger partial charge is 0.370 e. The molecule has 0 radical (unpaired) electrons. The van der Waals surface area contributed by atoms with Crippen LogP contribution in [0.4, 0.5) is 5.69 Å². The minimum atomic E-state index is -0.338. The van der Waals surface area contributed by atoms with Gasteiger partial charge in [-0.3, -0.25) is 9.59 Å². The van der Waals surface area contributed by atoms with Gasteiger partial charge in [0.1, 0.15) is 0 Å². The third-order valence-electron chi connectivity index (χ3n) is 3.05. The molecule has 0 aliphatic carbocycles. The summed E-state index contributed by atoms with van der Waals surface area (Å²) in [4.78, 5) is 24.5. The number of nitrogens with zero attached hydrogens (tertiary/aromatic N) is 1. The molecule has 0 heterocycles. The molecule has 0 aromatic heterocycles. The van der Waals surface area contributed by atoms with Gasteiger partial charge in [0, 0.05) is 25.3 Å². The van der Waals surface area contributed by atoms with Gasteiger partial charge in [0.25, 0.3) is 0 Å². The van der Waals surface area contributed by atoms with Crippen LogP contribution < -0.4 is 21.3 Å². The fourth-order valence-corrected chi connectivity index (χ4v) is 1.63. The van der Waals surface area contributed by atoms with Crippen LogP contribution in [0.2, 0.25) is 0 Å². The van der Waals surface area contributed by atoms with Crippen LogP contribution in [-0.2, 0) is 9.59 Å². The first-order chi connectivity index (χ1) is 9.54. The van der Waals surface area contributed by atoms with Gasteiger partial charge in [-0.15, -0.1) is 0 Å². The molecule has 20 heavy (non-hydrogen) atoms. The zero-order valence-electron chi connectivity index (χ0n) is 11.9. The number of para-hydroxylation sites is 1. The van der Waals surface area contributed by atoms with E-state index in [2.05, 4.69) is 15.5 Å². The Morgan fingerprint density at radius 3 is 2.45 bits per heavy atom. The molecule has 0 saturated carbocycles. The van der Waals surface area contributed by atoms with Gasteiger partial charge in [-0.25, -0.2) is 0 Å². The molecule has 0 fully saturated rings. The van der Waals surface area contributed by atoms with E-state index in [1.165, 1.54) is 0 Å². The molecule has 1 unspecified atom stereocenters. The van der Waals surface area contributed by atoms with Crippen molar-refractivity contribution < 1.29 is 9.59 Å². The SMILES string of the molecule is CC(CNC(=O)CNC(=O)CN)N(C)c1ccccc1. The summed E-state index contributed by atoms with van der Waals surface area (Å²) in [5.74, 6) is -0.560. The first kappa shape index (κ1) is 16.0. The molecule has 0 saturated heterocycles. The fraction of sp³-hybridized carbons (Fsp3) is 0.429. The Kier molecular flexibility index (Phi) is 6.52. The van der Waals surface area contributed by atoms with E-state index in [9.17, 15) is 9.59 Å². The molecule has 1 rings (SSSR count). The Morgan fingerprint density at radius 1 is 1.20 bits per heavy atom. The first-order valence-corrected chi connectivity index (χ1v) is 6.56. The molecule has 4 N–H and O–H groups in total. The number of hydrogen-bond donors (Lipinski definition) is 3. The molecule has 1 atom stereocenters. The Balaban J connectivity index is 2.34. The molecule has 2 amide bonds. The smallest absolute Gasteiger partial charge is 0.239 e. The second-order valence-electron chi connectivity index (χ2n) is 4.58. The van der Waals surface area contributed by atoms with Gasteiger partial charge in [0.05, 0.1) is 13.1 Å². The molecule has 6 nitrogen and oxygen atoms in total. The predicted molar refractivity (Wildman–Crippen MR) is 79.4 cm³/mol. The summed E-state index contributed by atoms with van der Waals surface area (Å²) in [5, 5.41) is 5.20. The molecule has 0 bridgehead atoms. The van der Waals surface area contributed by atoms with E-state index in [0.717, 1.165) is 5.69 Å². The summed E-state index contributed by atoms with van der Waals surface area (Å²) >= 11 is 0. The van der Waals surface area contributed by atoms with Gasteiger partial charge in [0.2, 0.25) is 11.8 Å². The molecule has 110 valence electrons. The molecule has 0 aliphatic heterocycles. The third-order valence-corrected chi connectivity index (χ3v) is 3.05. The number of benzene rings is 1. The summed E-state index contributed by atoms with van der Waals surface area (Å²) in [7, 11) is 1.97.